The molecule has 1 N–H and O–H groups in total. The second-order valence-corrected chi connectivity index (χ2v) is 9.95. The van der Waals surface area contributed by atoms with Gasteiger partial charge in [-0.2, -0.15) is 0 Å². The SMILES string of the molecule is C=CC(CCC=O)N1Cc2c(CCc3ccc(C(=C)NCCCN(CC)CCC)cc3)cccc2C1=C. The molecule has 0 saturated heterocycles. The van der Waals surface area contributed by atoms with Crippen LogP contribution in [0.15, 0.2) is 68.3 Å². The van der Waals surface area contributed by atoms with Crippen molar-refractivity contribution in [2.75, 3.05) is 26.2 Å². The van der Waals surface area contributed by atoms with E-state index in [0.717, 1.165) is 75.1 Å². The third-order valence-electron chi connectivity index (χ3n) is 7.47. The molecule has 0 bridgehead atoms. The lowest BCUT2D eigenvalue weighted by atomic mass is 9.96. The van der Waals surface area contributed by atoms with Crippen LogP contribution in [0.4, 0.5) is 0 Å². The maximum Gasteiger partial charge on any atom is 0.120 e. The van der Waals surface area contributed by atoms with Gasteiger partial charge in [-0.3, -0.25) is 0 Å². The molecule has 0 aromatic heterocycles. The third-order valence-corrected chi connectivity index (χ3v) is 7.47. The summed E-state index contributed by atoms with van der Waals surface area (Å²) in [4.78, 5) is 15.7. The number of nitrogens with one attached hydrogen (secondary N) is 1. The predicted octanol–water partition coefficient (Wildman–Crippen LogP) is 6.47. The molecule has 4 heteroatoms. The highest BCUT2D eigenvalue weighted by Crippen LogP contribution is 2.36. The van der Waals surface area contributed by atoms with Crippen molar-refractivity contribution in [2.24, 2.45) is 0 Å². The van der Waals surface area contributed by atoms with Crippen LogP contribution in [0.2, 0.25) is 0 Å². The summed E-state index contributed by atoms with van der Waals surface area (Å²) in [5.74, 6) is 0. The first-order chi connectivity index (χ1) is 18.0. The topological polar surface area (TPSA) is 35.6 Å². The standard InChI is InChI=1S/C33H45N3O/c1-6-22-35(8-3)23-11-21-34-26(4)29-18-15-28(16-19-29)17-20-30-12-9-14-32-27(5)36(25-33(30)32)31(7-2)13-10-24-37/h7,9,12,14-16,18-19,24,31,34H,2,4-6,8,10-11,13,17,20-23,25H2,1,3H3. The summed E-state index contributed by atoms with van der Waals surface area (Å²) in [6.45, 7) is 22.3. The lowest BCUT2D eigenvalue weighted by molar-refractivity contribution is -0.108. The van der Waals surface area contributed by atoms with E-state index in [-0.39, 0.29) is 6.04 Å². The largest absolute Gasteiger partial charge is 0.385 e. The monoisotopic (exact) mass is 499 g/mol. The Kier molecular flexibility index (Phi) is 11.2. The van der Waals surface area contributed by atoms with Gasteiger partial charge >= 0.3 is 0 Å². The summed E-state index contributed by atoms with van der Waals surface area (Å²) < 4.78 is 0. The molecular weight excluding hydrogens is 454 g/mol. The van der Waals surface area contributed by atoms with Crippen molar-refractivity contribution in [3.63, 3.8) is 0 Å². The summed E-state index contributed by atoms with van der Waals surface area (Å²) in [7, 11) is 0. The summed E-state index contributed by atoms with van der Waals surface area (Å²) >= 11 is 0. The zero-order valence-electron chi connectivity index (χ0n) is 23.0. The van der Waals surface area contributed by atoms with Crippen LogP contribution in [-0.4, -0.2) is 48.3 Å². The first-order valence-corrected chi connectivity index (χ1v) is 13.9. The lowest BCUT2D eigenvalue weighted by Gasteiger charge is -2.27. The Balaban J connectivity index is 1.53. The Hall–Kier alpha value is -3.11. The molecule has 198 valence electrons. The molecular formula is C33H45N3O. The number of rotatable bonds is 17. The molecule has 1 atom stereocenters. The molecule has 0 spiro atoms. The molecule has 1 unspecified atom stereocenters. The summed E-state index contributed by atoms with van der Waals surface area (Å²) in [5.41, 5.74) is 8.48. The fourth-order valence-corrected chi connectivity index (χ4v) is 5.24. The van der Waals surface area contributed by atoms with Gasteiger partial charge in [0.05, 0.1) is 0 Å². The van der Waals surface area contributed by atoms with Crippen molar-refractivity contribution < 1.29 is 4.79 Å². The Bertz CT molecular complexity index is 1060. The molecule has 0 aliphatic carbocycles. The number of fused-ring (bicyclic) bond motifs is 1. The lowest BCUT2D eigenvalue weighted by Crippen LogP contribution is -2.27. The molecule has 2 aromatic carbocycles. The average molecular weight is 500 g/mol. The van der Waals surface area contributed by atoms with Crippen molar-refractivity contribution in [3.05, 3.63) is 96.1 Å². The van der Waals surface area contributed by atoms with Crippen molar-refractivity contribution in [1.29, 1.82) is 0 Å². The average Bonchev–Trinajstić information content (AvgIpc) is 3.26. The van der Waals surface area contributed by atoms with Crippen molar-refractivity contribution in [1.82, 2.24) is 15.1 Å². The highest BCUT2D eigenvalue weighted by atomic mass is 16.1. The van der Waals surface area contributed by atoms with Crippen LogP contribution in [0.1, 0.15) is 67.3 Å². The highest BCUT2D eigenvalue weighted by Gasteiger charge is 2.28. The number of aldehydes is 1. The van der Waals surface area contributed by atoms with Crippen LogP contribution in [-0.2, 0) is 24.2 Å². The van der Waals surface area contributed by atoms with Crippen LogP contribution < -0.4 is 5.32 Å². The van der Waals surface area contributed by atoms with E-state index >= 15 is 0 Å². The maximum absolute atomic E-state index is 10.9. The number of carbonyl (C=O) groups excluding carboxylic acids is 1. The van der Waals surface area contributed by atoms with Gasteiger partial charge in [-0.1, -0.05) is 75.5 Å². The van der Waals surface area contributed by atoms with Crippen LogP contribution in [0, 0.1) is 0 Å². The van der Waals surface area contributed by atoms with Gasteiger partial charge in [0.25, 0.3) is 0 Å². The number of benzene rings is 2. The van der Waals surface area contributed by atoms with E-state index in [9.17, 15) is 4.79 Å². The maximum atomic E-state index is 10.9. The van der Waals surface area contributed by atoms with E-state index in [1.807, 2.05) is 6.08 Å². The van der Waals surface area contributed by atoms with E-state index in [1.165, 1.54) is 35.2 Å². The molecule has 4 nitrogen and oxygen atoms in total. The van der Waals surface area contributed by atoms with E-state index in [4.69, 9.17) is 0 Å². The summed E-state index contributed by atoms with van der Waals surface area (Å²) in [5, 5.41) is 3.50. The molecule has 0 radical (unpaired) electrons. The third kappa shape index (κ3) is 7.69. The predicted molar refractivity (Wildman–Crippen MR) is 158 cm³/mol. The van der Waals surface area contributed by atoms with E-state index in [0.29, 0.717) is 6.42 Å². The highest BCUT2D eigenvalue weighted by molar-refractivity contribution is 5.71. The molecule has 1 aliphatic heterocycles. The molecule has 3 rings (SSSR count). The normalized spacial score (nSPS) is 13.5. The van der Waals surface area contributed by atoms with Crippen LogP contribution in [0.5, 0.6) is 0 Å². The van der Waals surface area contributed by atoms with Crippen molar-refractivity contribution in [2.45, 2.75) is 65.0 Å². The molecule has 1 aliphatic rings. The van der Waals surface area contributed by atoms with Crippen LogP contribution >= 0.6 is 0 Å². The van der Waals surface area contributed by atoms with Gasteiger partial charge in [-0.05, 0) is 74.0 Å². The van der Waals surface area contributed by atoms with Gasteiger partial charge < -0.3 is 19.9 Å². The fourth-order valence-electron chi connectivity index (χ4n) is 5.24. The fraction of sp³-hybridized carbons (Fsp3) is 0.424. The minimum Gasteiger partial charge on any atom is -0.385 e. The van der Waals surface area contributed by atoms with Gasteiger partial charge in [-0.25, -0.2) is 0 Å². The summed E-state index contributed by atoms with van der Waals surface area (Å²) in [6, 6.07) is 15.5. The van der Waals surface area contributed by atoms with E-state index in [2.05, 4.69) is 91.2 Å². The zero-order valence-corrected chi connectivity index (χ0v) is 23.0. The summed E-state index contributed by atoms with van der Waals surface area (Å²) in [6.07, 6.45) is 8.55. The van der Waals surface area contributed by atoms with E-state index < -0.39 is 0 Å². The van der Waals surface area contributed by atoms with Gasteiger partial charge in [0, 0.05) is 42.5 Å². The van der Waals surface area contributed by atoms with Crippen LogP contribution in [0.3, 0.4) is 0 Å². The van der Waals surface area contributed by atoms with Crippen molar-refractivity contribution in [3.8, 4) is 0 Å². The Morgan fingerprint density at radius 3 is 2.59 bits per heavy atom. The molecule has 0 fully saturated rings. The van der Waals surface area contributed by atoms with Gasteiger partial charge in [0.2, 0.25) is 0 Å². The zero-order chi connectivity index (χ0) is 26.6. The van der Waals surface area contributed by atoms with Gasteiger partial charge in [-0.15, -0.1) is 6.58 Å². The molecule has 2 aromatic rings. The minimum absolute atomic E-state index is 0.133. The molecule has 0 saturated carbocycles. The van der Waals surface area contributed by atoms with Crippen LogP contribution in [0.25, 0.3) is 11.4 Å². The number of aryl methyl sites for hydroxylation is 2. The minimum atomic E-state index is 0.133. The Morgan fingerprint density at radius 2 is 1.92 bits per heavy atom. The second kappa shape index (κ2) is 14.6. The van der Waals surface area contributed by atoms with E-state index in [1.54, 1.807) is 0 Å². The first-order valence-electron chi connectivity index (χ1n) is 13.9. The Labute approximate surface area is 224 Å². The number of carbonyl (C=O) groups is 1. The van der Waals surface area contributed by atoms with Gasteiger partial charge in [0.1, 0.15) is 6.29 Å². The smallest absolute Gasteiger partial charge is 0.120 e. The first kappa shape index (κ1) is 28.5. The van der Waals surface area contributed by atoms with Gasteiger partial charge in [0.15, 0.2) is 0 Å². The van der Waals surface area contributed by atoms with Crippen molar-refractivity contribution >= 4 is 17.7 Å². The number of hydrogen-bond donors (Lipinski definition) is 1. The molecule has 37 heavy (non-hydrogen) atoms. The molecule has 0 amide bonds. The number of nitrogens with zero attached hydrogens (tertiary/aromatic N) is 2. The Morgan fingerprint density at radius 1 is 1.14 bits per heavy atom. The number of hydrogen-bond acceptors (Lipinski definition) is 4. The second-order valence-electron chi connectivity index (χ2n) is 9.95. The molecule has 1 heterocycles. The quantitative estimate of drug-likeness (QED) is 0.154.